The van der Waals surface area contributed by atoms with Gasteiger partial charge < -0.3 is 52.1 Å². The Labute approximate surface area is 186 Å². The number of ether oxygens (including phenoxy) is 3. The van der Waals surface area contributed by atoms with Crippen molar-refractivity contribution in [2.45, 2.75) is 25.4 Å². The van der Waals surface area contributed by atoms with Gasteiger partial charge in [0, 0.05) is 38.2 Å². The number of nitrogens with zero attached hydrogens (tertiary/aromatic N) is 3. The maximum Gasteiger partial charge on any atom is 0.249 e. The molecule has 0 radical (unpaired) electrons. The van der Waals surface area contributed by atoms with E-state index in [9.17, 15) is 4.79 Å². The van der Waals surface area contributed by atoms with Crippen molar-refractivity contribution in [3.8, 4) is 11.5 Å². The van der Waals surface area contributed by atoms with Crippen molar-refractivity contribution in [2.24, 2.45) is 0 Å². The summed E-state index contributed by atoms with van der Waals surface area (Å²) in [5.41, 5.74) is 6.81. The monoisotopic (exact) mass is 461 g/mol. The third-order valence-electron chi connectivity index (χ3n) is 4.75. The largest absolute Gasteiger partial charge is 0.493 e. The minimum Gasteiger partial charge on any atom is -0.493 e. The highest BCUT2D eigenvalue weighted by atomic mass is 16.5. The summed E-state index contributed by atoms with van der Waals surface area (Å²) in [5, 5.41) is 3.62. The average Bonchev–Trinajstić information content (AvgIpc) is 3.24. The van der Waals surface area contributed by atoms with Crippen LogP contribution in [-0.2, 0) is 9.53 Å². The topological polar surface area (TPSA) is 238 Å². The van der Waals surface area contributed by atoms with Crippen molar-refractivity contribution in [3.05, 3.63) is 12.1 Å². The van der Waals surface area contributed by atoms with E-state index in [1.165, 1.54) is 0 Å². The number of nitrogens with two attached hydrogens (primary N) is 1. The van der Waals surface area contributed by atoms with Crippen molar-refractivity contribution < 1.29 is 40.9 Å². The number of fused-ring (bicyclic) bond motifs is 1. The van der Waals surface area contributed by atoms with Crippen LogP contribution in [0.3, 0.4) is 0 Å². The van der Waals surface area contributed by atoms with Gasteiger partial charge in [-0.3, -0.25) is 4.79 Å². The normalized spacial score (nSPS) is 14.2. The van der Waals surface area contributed by atoms with Gasteiger partial charge >= 0.3 is 0 Å². The summed E-state index contributed by atoms with van der Waals surface area (Å²) in [6.45, 7) is 1.90. The number of carbonyl (C=O) groups is 1. The zero-order chi connectivity index (χ0) is 20.1. The minimum atomic E-state index is -0.298. The van der Waals surface area contributed by atoms with Crippen molar-refractivity contribution >= 4 is 28.6 Å². The molecule has 13 nitrogen and oxygen atoms in total. The predicted molar refractivity (Wildman–Crippen MR) is 121 cm³/mol. The maximum absolute atomic E-state index is 12.0. The lowest BCUT2D eigenvalue weighted by Crippen LogP contribution is -2.36. The quantitative estimate of drug-likeness (QED) is 0.418. The summed E-state index contributed by atoms with van der Waals surface area (Å²) in [6, 6.07) is 3.55. The Morgan fingerprint density at radius 2 is 1.84 bits per heavy atom. The van der Waals surface area contributed by atoms with E-state index in [4.69, 9.17) is 19.9 Å². The summed E-state index contributed by atoms with van der Waals surface area (Å²) in [4.78, 5) is 22.8. The van der Waals surface area contributed by atoms with Crippen LogP contribution in [0.1, 0.15) is 19.3 Å². The third-order valence-corrected chi connectivity index (χ3v) is 4.75. The Hall–Kier alpha value is -2.97. The highest BCUT2D eigenvalue weighted by molar-refractivity contribution is 5.91. The molecule has 1 aliphatic heterocycles. The van der Waals surface area contributed by atoms with Crippen molar-refractivity contribution in [1.29, 1.82) is 0 Å². The van der Waals surface area contributed by atoms with Crippen LogP contribution >= 0.6 is 0 Å². The number of nitrogen functional groups attached to an aromatic ring is 1. The van der Waals surface area contributed by atoms with Gasteiger partial charge in [-0.05, 0) is 25.3 Å². The van der Waals surface area contributed by atoms with Crippen LogP contribution in [0.5, 0.6) is 11.5 Å². The Bertz CT molecular complexity index is 848. The summed E-state index contributed by atoms with van der Waals surface area (Å²) in [7, 11) is 5.04. The number of aromatic nitrogens is 2. The van der Waals surface area contributed by atoms with Gasteiger partial charge in [0.25, 0.3) is 0 Å². The van der Waals surface area contributed by atoms with E-state index in [-0.39, 0.29) is 33.9 Å². The van der Waals surface area contributed by atoms with Crippen molar-refractivity contribution in [3.63, 3.8) is 0 Å². The molecule has 0 saturated carbocycles. The van der Waals surface area contributed by atoms with Crippen LogP contribution < -0.4 is 25.4 Å². The fourth-order valence-electron chi connectivity index (χ4n) is 3.16. The molecular weight excluding hydrogens is 426 g/mol. The smallest absolute Gasteiger partial charge is 0.249 e. The number of methoxy groups -OCH3 is 2. The maximum atomic E-state index is 12.0. The first-order valence-corrected chi connectivity index (χ1v) is 9.33. The van der Waals surface area contributed by atoms with E-state index < -0.39 is 0 Å². The van der Waals surface area contributed by atoms with Crippen LogP contribution in [0.15, 0.2) is 12.1 Å². The molecule has 1 aromatic carbocycles. The van der Waals surface area contributed by atoms with Gasteiger partial charge in [-0.15, -0.1) is 0 Å². The van der Waals surface area contributed by atoms with E-state index in [0.29, 0.717) is 53.9 Å². The lowest BCUT2D eigenvalue weighted by molar-refractivity contribution is -0.130. The van der Waals surface area contributed by atoms with Gasteiger partial charge in [0.2, 0.25) is 11.9 Å². The first kappa shape index (κ1) is 31.2. The first-order chi connectivity index (χ1) is 13.5. The number of benzene rings is 1. The fraction of sp³-hybridized carbons (Fsp3) is 0.526. The van der Waals surface area contributed by atoms with Gasteiger partial charge in [0.15, 0.2) is 11.5 Å². The second kappa shape index (κ2) is 14.2. The molecule has 0 aliphatic carbocycles. The fourth-order valence-corrected chi connectivity index (χ4v) is 3.16. The number of hydrogen-bond donors (Lipinski definition) is 2. The minimum absolute atomic E-state index is 0. The van der Waals surface area contributed by atoms with Crippen LogP contribution in [-0.4, -0.2) is 84.8 Å². The second-order valence-electron chi connectivity index (χ2n) is 6.70. The van der Waals surface area contributed by atoms with Crippen molar-refractivity contribution in [2.75, 3.05) is 51.6 Å². The van der Waals surface area contributed by atoms with Gasteiger partial charge in [-0.25, -0.2) is 4.98 Å². The number of hydrogen-bond acceptors (Lipinski definition) is 8. The molecule has 13 heteroatoms. The van der Waals surface area contributed by atoms with E-state index in [1.807, 2.05) is 11.9 Å². The molecule has 1 aliphatic rings. The molecule has 1 atom stereocenters. The van der Waals surface area contributed by atoms with E-state index in [2.05, 4.69) is 15.3 Å². The molecule has 3 rings (SSSR count). The molecule has 2 heterocycles. The number of anilines is 2. The highest BCUT2D eigenvalue weighted by Gasteiger charge is 2.22. The molecule has 1 aromatic heterocycles. The SMILES string of the molecule is COc1cc2nc(N(C)CCCNC(=O)C3CCCO3)nc(N)c2cc1OC.O.O.O.O. The van der Waals surface area contributed by atoms with Gasteiger partial charge in [0.05, 0.1) is 19.7 Å². The first-order valence-electron chi connectivity index (χ1n) is 9.33. The van der Waals surface area contributed by atoms with Crippen LogP contribution in [0.2, 0.25) is 0 Å². The molecule has 0 spiro atoms. The third kappa shape index (κ3) is 7.03. The number of nitrogens with one attached hydrogen (secondary N) is 1. The Morgan fingerprint density at radius 3 is 2.44 bits per heavy atom. The summed E-state index contributed by atoms with van der Waals surface area (Å²) in [6.07, 6.45) is 2.19. The molecule has 2 aromatic rings. The molecule has 32 heavy (non-hydrogen) atoms. The van der Waals surface area contributed by atoms with E-state index in [1.54, 1.807) is 26.4 Å². The second-order valence-corrected chi connectivity index (χ2v) is 6.70. The molecule has 1 unspecified atom stereocenters. The molecule has 0 bridgehead atoms. The molecule has 184 valence electrons. The number of rotatable bonds is 8. The van der Waals surface area contributed by atoms with Crippen LogP contribution in [0.4, 0.5) is 11.8 Å². The Balaban J connectivity index is 0. The molecule has 1 amide bonds. The predicted octanol–water partition coefficient (Wildman–Crippen LogP) is -1.95. The van der Waals surface area contributed by atoms with Crippen molar-refractivity contribution in [1.82, 2.24) is 15.3 Å². The van der Waals surface area contributed by atoms with Gasteiger partial charge in [-0.2, -0.15) is 4.98 Å². The number of carbonyl (C=O) groups excluding carboxylic acids is 1. The van der Waals surface area contributed by atoms with Crippen LogP contribution in [0, 0.1) is 0 Å². The summed E-state index contributed by atoms with van der Waals surface area (Å²) < 4.78 is 16.0. The lowest BCUT2D eigenvalue weighted by atomic mass is 10.2. The zero-order valence-corrected chi connectivity index (χ0v) is 18.5. The molecule has 11 N–H and O–H groups in total. The Morgan fingerprint density at radius 1 is 1.19 bits per heavy atom. The Kier molecular flexibility index (Phi) is 13.8. The average molecular weight is 462 g/mol. The zero-order valence-electron chi connectivity index (χ0n) is 18.5. The van der Waals surface area contributed by atoms with Gasteiger partial charge in [0.1, 0.15) is 11.9 Å². The van der Waals surface area contributed by atoms with Gasteiger partial charge in [-0.1, -0.05) is 0 Å². The molecule has 1 saturated heterocycles. The number of amides is 1. The summed E-state index contributed by atoms with van der Waals surface area (Å²) in [5.74, 6) is 2.02. The van der Waals surface area contributed by atoms with E-state index in [0.717, 1.165) is 19.3 Å². The summed E-state index contributed by atoms with van der Waals surface area (Å²) >= 11 is 0. The highest BCUT2D eigenvalue weighted by Crippen LogP contribution is 2.33. The van der Waals surface area contributed by atoms with Crippen LogP contribution in [0.25, 0.3) is 10.9 Å². The molecule has 1 fully saturated rings. The van der Waals surface area contributed by atoms with E-state index >= 15 is 0 Å². The standard InChI is InChI=1S/C19H27N5O4.4H2O/c1-24(8-5-7-21-18(25)14-6-4-9-28-14)19-22-13-11-16(27-3)15(26-2)10-12(13)17(20)23-19;;;;/h10-11,14H,4-9H2,1-3H3,(H,21,25)(H2,20,22,23);4*1H2. The molecular formula is C19H35N5O8. The lowest BCUT2D eigenvalue weighted by Gasteiger charge is -2.19.